The molecule has 1 fully saturated rings. The molecule has 6 heteroatoms. The molecule has 0 aromatic heterocycles. The third-order valence-electron chi connectivity index (χ3n) is 4.53. The predicted octanol–water partition coefficient (Wildman–Crippen LogP) is 2.80. The maximum atomic E-state index is 13.1. The number of nitrogens with one attached hydrogen (secondary N) is 1. The third-order valence-corrected chi connectivity index (χ3v) is 4.93. The lowest BCUT2D eigenvalue weighted by Gasteiger charge is -2.33. The van der Waals surface area contributed by atoms with Crippen molar-refractivity contribution in [2.24, 2.45) is 0 Å². The molecule has 1 heterocycles. The quantitative estimate of drug-likeness (QED) is 0.826. The highest BCUT2D eigenvalue weighted by atomic mass is 35.5. The molecule has 1 aliphatic heterocycles. The van der Waals surface area contributed by atoms with E-state index in [0.717, 1.165) is 13.1 Å². The molecule has 1 N–H and O–H groups in total. The summed E-state index contributed by atoms with van der Waals surface area (Å²) in [6.07, 6.45) is 0. The van der Waals surface area contributed by atoms with Gasteiger partial charge in [-0.25, -0.2) is 0 Å². The molecule has 3 rings (SSSR count). The van der Waals surface area contributed by atoms with Gasteiger partial charge in [-0.2, -0.15) is 0 Å². The van der Waals surface area contributed by atoms with Crippen molar-refractivity contribution in [2.75, 3.05) is 33.2 Å². The molecule has 1 aliphatic rings. The van der Waals surface area contributed by atoms with Crippen LogP contribution in [0.3, 0.4) is 0 Å². The number of piperazine rings is 1. The Morgan fingerprint density at radius 1 is 0.852 bits per heavy atom. The highest BCUT2D eigenvalue weighted by Gasteiger charge is 2.26. The first-order valence-corrected chi connectivity index (χ1v) is 9.23. The van der Waals surface area contributed by atoms with E-state index < -0.39 is 0 Å². The number of likely N-dealkylation sites (N-methyl/N-ethyl adjacent to an activating group) is 1. The van der Waals surface area contributed by atoms with E-state index in [-0.39, 0.29) is 22.5 Å². The Hall–Kier alpha value is -2.63. The van der Waals surface area contributed by atoms with Gasteiger partial charge in [-0.15, -0.1) is 0 Å². The minimum absolute atomic E-state index is 0.112. The van der Waals surface area contributed by atoms with Gasteiger partial charge in [0.2, 0.25) is 0 Å². The van der Waals surface area contributed by atoms with Gasteiger partial charge < -0.3 is 15.1 Å². The molecule has 140 valence electrons. The summed E-state index contributed by atoms with van der Waals surface area (Å²) in [5.41, 5.74) is 1.27. The van der Waals surface area contributed by atoms with Crippen LogP contribution in [0.1, 0.15) is 15.9 Å². The minimum Gasteiger partial charge on any atom is -0.335 e. The minimum atomic E-state index is -0.359. The fourth-order valence-electron chi connectivity index (χ4n) is 2.87. The molecule has 2 aromatic carbocycles. The summed E-state index contributed by atoms with van der Waals surface area (Å²) in [5.74, 6) is -0.622. The molecule has 0 atom stereocenters. The number of amides is 2. The van der Waals surface area contributed by atoms with Crippen molar-refractivity contribution >= 4 is 28.4 Å². The number of carbonyl (C=O) groups is 2. The number of rotatable bonds is 4. The van der Waals surface area contributed by atoms with E-state index in [1.165, 1.54) is 0 Å². The summed E-state index contributed by atoms with van der Waals surface area (Å²) in [5, 5.41) is 2.98. The second-order valence-electron chi connectivity index (χ2n) is 6.47. The standard InChI is InChI=1S/C21H22ClN3O2/c1-24-12-14-25(15-13-24)21(27)19(18(22)16-8-4-2-5-9-16)23-20(26)17-10-6-3-7-11-17/h2-11H,12-15H2,1H3,(H,23,26)/b19-18-. The van der Waals surface area contributed by atoms with E-state index in [4.69, 9.17) is 11.6 Å². The van der Waals surface area contributed by atoms with E-state index in [0.29, 0.717) is 24.2 Å². The van der Waals surface area contributed by atoms with E-state index in [2.05, 4.69) is 10.2 Å². The average molecular weight is 384 g/mol. The molecule has 5 nitrogen and oxygen atoms in total. The molecule has 0 bridgehead atoms. The van der Waals surface area contributed by atoms with Gasteiger partial charge in [0.15, 0.2) is 0 Å². The van der Waals surface area contributed by atoms with Crippen molar-refractivity contribution in [3.8, 4) is 0 Å². The van der Waals surface area contributed by atoms with Crippen LogP contribution >= 0.6 is 11.6 Å². The second-order valence-corrected chi connectivity index (χ2v) is 6.85. The second kappa shape index (κ2) is 8.84. The van der Waals surface area contributed by atoms with E-state index in [9.17, 15) is 9.59 Å². The largest absolute Gasteiger partial charge is 0.335 e. The van der Waals surface area contributed by atoms with Crippen molar-refractivity contribution < 1.29 is 9.59 Å². The Bertz CT molecular complexity index is 829. The van der Waals surface area contributed by atoms with Crippen molar-refractivity contribution in [3.63, 3.8) is 0 Å². The zero-order valence-electron chi connectivity index (χ0n) is 15.2. The maximum absolute atomic E-state index is 13.1. The van der Waals surface area contributed by atoms with Gasteiger partial charge in [-0.3, -0.25) is 9.59 Å². The number of hydrogen-bond donors (Lipinski definition) is 1. The lowest BCUT2D eigenvalue weighted by Crippen LogP contribution is -2.49. The van der Waals surface area contributed by atoms with Crippen LogP contribution in [-0.2, 0) is 4.79 Å². The van der Waals surface area contributed by atoms with Gasteiger partial charge in [0.1, 0.15) is 5.70 Å². The van der Waals surface area contributed by atoms with Gasteiger partial charge in [0.25, 0.3) is 11.8 Å². The normalized spacial score (nSPS) is 15.9. The number of carbonyl (C=O) groups excluding carboxylic acids is 2. The monoisotopic (exact) mass is 383 g/mol. The summed E-state index contributed by atoms with van der Waals surface area (Å²) in [4.78, 5) is 29.7. The van der Waals surface area contributed by atoms with E-state index in [1.807, 2.05) is 43.4 Å². The van der Waals surface area contributed by atoms with Crippen LogP contribution in [-0.4, -0.2) is 54.8 Å². The van der Waals surface area contributed by atoms with Crippen LogP contribution < -0.4 is 5.32 Å². The summed E-state index contributed by atoms with van der Waals surface area (Å²) in [6.45, 7) is 2.77. The fraction of sp³-hybridized carbons (Fsp3) is 0.238. The van der Waals surface area contributed by atoms with Crippen LogP contribution in [0.4, 0.5) is 0 Å². The molecule has 0 saturated carbocycles. The molecule has 2 amide bonds. The number of hydrogen-bond acceptors (Lipinski definition) is 3. The van der Waals surface area contributed by atoms with E-state index >= 15 is 0 Å². The zero-order chi connectivity index (χ0) is 19.2. The number of nitrogens with zero attached hydrogens (tertiary/aromatic N) is 2. The van der Waals surface area contributed by atoms with Gasteiger partial charge in [0.05, 0.1) is 5.03 Å². The SMILES string of the molecule is CN1CCN(C(=O)/C(NC(=O)c2ccccc2)=C(/Cl)c2ccccc2)CC1. The van der Waals surface area contributed by atoms with Gasteiger partial charge in [-0.1, -0.05) is 60.1 Å². The molecule has 27 heavy (non-hydrogen) atoms. The fourth-order valence-corrected chi connectivity index (χ4v) is 3.13. The maximum Gasteiger partial charge on any atom is 0.272 e. The van der Waals surface area contributed by atoms with Crippen LogP contribution in [0.2, 0.25) is 0 Å². The Morgan fingerprint density at radius 2 is 1.37 bits per heavy atom. The van der Waals surface area contributed by atoms with Gasteiger partial charge in [0, 0.05) is 31.7 Å². The molecule has 0 unspecified atom stereocenters. The molecule has 0 spiro atoms. The molecule has 2 aromatic rings. The Morgan fingerprint density at radius 3 is 1.93 bits per heavy atom. The van der Waals surface area contributed by atoms with Gasteiger partial charge >= 0.3 is 0 Å². The highest BCUT2D eigenvalue weighted by molar-refractivity contribution is 6.51. The molecular formula is C21H22ClN3O2. The first-order chi connectivity index (χ1) is 13.1. The first kappa shape index (κ1) is 19.1. The summed E-state index contributed by atoms with van der Waals surface area (Å²) >= 11 is 6.55. The van der Waals surface area contributed by atoms with E-state index in [1.54, 1.807) is 29.2 Å². The average Bonchev–Trinajstić information content (AvgIpc) is 2.72. The molecular weight excluding hydrogens is 362 g/mol. The summed E-state index contributed by atoms with van der Waals surface area (Å²) in [6, 6.07) is 18.0. The third kappa shape index (κ3) is 4.76. The topological polar surface area (TPSA) is 52.6 Å². The Labute approximate surface area is 164 Å². The smallest absolute Gasteiger partial charge is 0.272 e. The Balaban J connectivity index is 1.91. The van der Waals surface area contributed by atoms with Crippen LogP contribution in [0.15, 0.2) is 66.4 Å². The first-order valence-electron chi connectivity index (χ1n) is 8.85. The number of halogens is 1. The predicted molar refractivity (Wildman–Crippen MR) is 107 cm³/mol. The summed E-state index contributed by atoms with van der Waals surface area (Å²) in [7, 11) is 2.02. The Kier molecular flexibility index (Phi) is 6.27. The zero-order valence-corrected chi connectivity index (χ0v) is 15.9. The molecule has 1 saturated heterocycles. The lowest BCUT2D eigenvalue weighted by atomic mass is 10.1. The summed E-state index contributed by atoms with van der Waals surface area (Å²) < 4.78 is 0. The molecule has 0 radical (unpaired) electrons. The van der Waals surface area contributed by atoms with Gasteiger partial charge in [-0.05, 0) is 24.7 Å². The van der Waals surface area contributed by atoms with Crippen molar-refractivity contribution in [1.29, 1.82) is 0 Å². The van der Waals surface area contributed by atoms with Crippen LogP contribution in [0.5, 0.6) is 0 Å². The van der Waals surface area contributed by atoms with Crippen molar-refractivity contribution in [2.45, 2.75) is 0 Å². The highest BCUT2D eigenvalue weighted by Crippen LogP contribution is 2.23. The van der Waals surface area contributed by atoms with Crippen molar-refractivity contribution in [1.82, 2.24) is 15.1 Å². The van der Waals surface area contributed by atoms with Crippen molar-refractivity contribution in [3.05, 3.63) is 77.5 Å². The lowest BCUT2D eigenvalue weighted by molar-refractivity contribution is -0.128. The molecule has 0 aliphatic carbocycles. The van der Waals surface area contributed by atoms with Crippen LogP contribution in [0, 0.1) is 0 Å². The number of benzene rings is 2. The van der Waals surface area contributed by atoms with Crippen LogP contribution in [0.25, 0.3) is 5.03 Å².